The van der Waals surface area contributed by atoms with Gasteiger partial charge in [0, 0.05) is 19.4 Å². The number of phenols is 1. The zero-order valence-corrected chi connectivity index (χ0v) is 10.0. The predicted molar refractivity (Wildman–Crippen MR) is 65.2 cm³/mol. The molecule has 0 fully saturated rings. The maximum Gasteiger partial charge on any atom is 0.226 e. The molecule has 0 aliphatic heterocycles. The predicted octanol–water partition coefficient (Wildman–Crippen LogP) is 1.68. The first kappa shape index (κ1) is 12.6. The third kappa shape index (κ3) is 3.56. The van der Waals surface area contributed by atoms with Crippen molar-refractivity contribution in [2.24, 2.45) is 0 Å². The van der Waals surface area contributed by atoms with Gasteiger partial charge >= 0.3 is 0 Å². The molecule has 5 heteroatoms. The molecule has 1 heterocycles. The molecule has 0 aliphatic rings. The minimum atomic E-state index is 0.189. The lowest BCUT2D eigenvalue weighted by Gasteiger charge is -1.96. The third-order valence-corrected chi connectivity index (χ3v) is 2.61. The molecule has 2 N–H and O–H groups in total. The van der Waals surface area contributed by atoms with Crippen LogP contribution in [0.25, 0.3) is 0 Å². The average molecular weight is 248 g/mol. The summed E-state index contributed by atoms with van der Waals surface area (Å²) in [6.45, 7) is 0.189. The molecule has 0 amide bonds. The van der Waals surface area contributed by atoms with Gasteiger partial charge in [0.1, 0.15) is 5.75 Å². The number of unbranched alkanes of at least 4 members (excludes halogenated alkanes) is 1. The minimum Gasteiger partial charge on any atom is -0.508 e. The molecule has 18 heavy (non-hydrogen) atoms. The Morgan fingerprint density at radius 3 is 2.61 bits per heavy atom. The molecule has 0 bridgehead atoms. The molecule has 0 saturated carbocycles. The van der Waals surface area contributed by atoms with Crippen molar-refractivity contribution in [1.29, 1.82) is 0 Å². The Balaban J connectivity index is 1.91. The zero-order valence-electron chi connectivity index (χ0n) is 10.0. The Morgan fingerprint density at radius 2 is 1.89 bits per heavy atom. The largest absolute Gasteiger partial charge is 0.508 e. The summed E-state index contributed by atoms with van der Waals surface area (Å²) < 4.78 is 5.12. The number of hydrogen-bond acceptors (Lipinski definition) is 5. The molecule has 0 saturated heterocycles. The summed E-state index contributed by atoms with van der Waals surface area (Å²) in [4.78, 5) is 4.28. The maximum atomic E-state index is 9.18. The maximum absolute atomic E-state index is 9.18. The number of aliphatic hydroxyl groups excluding tert-OH is 1. The van der Waals surface area contributed by atoms with Crippen LogP contribution in [0.5, 0.6) is 5.75 Å². The normalized spacial score (nSPS) is 10.7. The van der Waals surface area contributed by atoms with Gasteiger partial charge in [-0.15, -0.1) is 0 Å². The number of nitrogens with zero attached hydrogens (tertiary/aromatic N) is 2. The van der Waals surface area contributed by atoms with Gasteiger partial charge in [0.2, 0.25) is 5.89 Å². The first-order valence-electron chi connectivity index (χ1n) is 5.98. The number of rotatable bonds is 6. The van der Waals surface area contributed by atoms with Crippen molar-refractivity contribution in [3.63, 3.8) is 0 Å². The van der Waals surface area contributed by atoms with E-state index in [0.29, 0.717) is 24.6 Å². The first-order chi connectivity index (χ1) is 8.78. The topological polar surface area (TPSA) is 79.4 Å². The fourth-order valence-electron chi connectivity index (χ4n) is 1.65. The molecule has 2 rings (SSSR count). The highest BCUT2D eigenvalue weighted by Crippen LogP contribution is 2.13. The summed E-state index contributed by atoms with van der Waals surface area (Å²) in [5, 5.41) is 21.8. The number of phenolic OH excluding ortho intramolecular Hbond substituents is 1. The molecule has 0 unspecified atom stereocenters. The van der Waals surface area contributed by atoms with E-state index in [4.69, 9.17) is 9.63 Å². The molecule has 0 atom stereocenters. The Kier molecular flexibility index (Phi) is 4.30. The summed E-state index contributed by atoms with van der Waals surface area (Å²) in [7, 11) is 0. The van der Waals surface area contributed by atoms with Crippen LogP contribution in [0.2, 0.25) is 0 Å². The van der Waals surface area contributed by atoms with Gasteiger partial charge in [-0.25, -0.2) is 0 Å². The Morgan fingerprint density at radius 1 is 1.11 bits per heavy atom. The number of aromatic nitrogens is 2. The second-order valence-electron chi connectivity index (χ2n) is 4.13. The van der Waals surface area contributed by atoms with Crippen LogP contribution >= 0.6 is 0 Å². The van der Waals surface area contributed by atoms with Crippen molar-refractivity contribution < 1.29 is 14.7 Å². The van der Waals surface area contributed by atoms with E-state index in [9.17, 15) is 5.11 Å². The standard InChI is InChI=1S/C13H16N2O3/c16-8-2-1-3-13-14-12(15-18-13)9-10-4-6-11(17)7-5-10/h4-7,16-17H,1-3,8-9H2. The van der Waals surface area contributed by atoms with Gasteiger partial charge in [0.05, 0.1) is 0 Å². The first-order valence-corrected chi connectivity index (χ1v) is 5.98. The van der Waals surface area contributed by atoms with Crippen LogP contribution in [-0.4, -0.2) is 27.0 Å². The van der Waals surface area contributed by atoms with Crippen LogP contribution in [-0.2, 0) is 12.8 Å². The minimum absolute atomic E-state index is 0.189. The molecule has 0 spiro atoms. The van der Waals surface area contributed by atoms with E-state index < -0.39 is 0 Å². The molecule has 1 aromatic heterocycles. The van der Waals surface area contributed by atoms with Crippen molar-refractivity contribution in [3.8, 4) is 5.75 Å². The van der Waals surface area contributed by atoms with Crippen LogP contribution in [0.1, 0.15) is 30.1 Å². The second-order valence-corrected chi connectivity index (χ2v) is 4.13. The van der Waals surface area contributed by atoms with E-state index in [0.717, 1.165) is 18.4 Å². The lowest BCUT2D eigenvalue weighted by Crippen LogP contribution is -1.92. The highest BCUT2D eigenvalue weighted by molar-refractivity contribution is 5.27. The third-order valence-electron chi connectivity index (χ3n) is 2.61. The van der Waals surface area contributed by atoms with Crippen molar-refractivity contribution in [1.82, 2.24) is 10.1 Å². The van der Waals surface area contributed by atoms with Gasteiger partial charge in [-0.1, -0.05) is 17.3 Å². The number of aromatic hydroxyl groups is 1. The summed E-state index contributed by atoms with van der Waals surface area (Å²) in [6.07, 6.45) is 2.87. The molecular weight excluding hydrogens is 232 g/mol. The van der Waals surface area contributed by atoms with E-state index >= 15 is 0 Å². The molecule has 96 valence electrons. The number of hydrogen-bond donors (Lipinski definition) is 2. The molecule has 1 aromatic carbocycles. The summed E-state index contributed by atoms with van der Waals surface area (Å²) in [5.41, 5.74) is 1.02. The van der Waals surface area contributed by atoms with E-state index in [1.807, 2.05) is 12.1 Å². The highest BCUT2D eigenvalue weighted by Gasteiger charge is 2.06. The van der Waals surface area contributed by atoms with Crippen LogP contribution in [0, 0.1) is 0 Å². The zero-order chi connectivity index (χ0) is 12.8. The smallest absolute Gasteiger partial charge is 0.226 e. The van der Waals surface area contributed by atoms with E-state index in [-0.39, 0.29) is 12.4 Å². The van der Waals surface area contributed by atoms with E-state index in [1.165, 1.54) is 0 Å². The van der Waals surface area contributed by atoms with Gasteiger partial charge in [-0.3, -0.25) is 0 Å². The molecule has 2 aromatic rings. The van der Waals surface area contributed by atoms with Crippen LogP contribution in [0.15, 0.2) is 28.8 Å². The molecule has 0 aliphatic carbocycles. The monoisotopic (exact) mass is 248 g/mol. The number of aryl methyl sites for hydroxylation is 1. The van der Waals surface area contributed by atoms with E-state index in [1.54, 1.807) is 12.1 Å². The molecular formula is C13H16N2O3. The van der Waals surface area contributed by atoms with Gasteiger partial charge in [-0.05, 0) is 30.5 Å². The molecule has 0 radical (unpaired) electrons. The fraction of sp³-hybridized carbons (Fsp3) is 0.385. The van der Waals surface area contributed by atoms with Crippen molar-refractivity contribution in [3.05, 3.63) is 41.5 Å². The highest BCUT2D eigenvalue weighted by atomic mass is 16.5. The van der Waals surface area contributed by atoms with Gasteiger partial charge in [-0.2, -0.15) is 4.98 Å². The molecule has 5 nitrogen and oxygen atoms in total. The summed E-state index contributed by atoms with van der Waals surface area (Å²) in [6, 6.07) is 6.93. The summed E-state index contributed by atoms with van der Waals surface area (Å²) in [5.74, 6) is 1.49. The van der Waals surface area contributed by atoms with Crippen molar-refractivity contribution in [2.75, 3.05) is 6.61 Å². The average Bonchev–Trinajstić information content (AvgIpc) is 2.80. The van der Waals surface area contributed by atoms with Crippen molar-refractivity contribution >= 4 is 0 Å². The van der Waals surface area contributed by atoms with Crippen molar-refractivity contribution in [2.45, 2.75) is 25.7 Å². The van der Waals surface area contributed by atoms with Gasteiger partial charge in [0.25, 0.3) is 0 Å². The lowest BCUT2D eigenvalue weighted by molar-refractivity contribution is 0.280. The van der Waals surface area contributed by atoms with Crippen LogP contribution in [0.3, 0.4) is 0 Å². The Hall–Kier alpha value is -1.88. The SMILES string of the molecule is OCCCCc1nc(Cc2ccc(O)cc2)no1. The summed E-state index contributed by atoms with van der Waals surface area (Å²) >= 11 is 0. The Bertz CT molecular complexity index is 479. The fourth-order valence-corrected chi connectivity index (χ4v) is 1.65. The van der Waals surface area contributed by atoms with E-state index in [2.05, 4.69) is 10.1 Å². The van der Waals surface area contributed by atoms with Crippen LogP contribution < -0.4 is 0 Å². The van der Waals surface area contributed by atoms with Gasteiger partial charge in [0.15, 0.2) is 5.82 Å². The lowest BCUT2D eigenvalue weighted by atomic mass is 10.1. The number of benzene rings is 1. The second kappa shape index (κ2) is 6.16. The Labute approximate surface area is 105 Å². The van der Waals surface area contributed by atoms with Crippen LogP contribution in [0.4, 0.5) is 0 Å². The number of aliphatic hydroxyl groups is 1. The van der Waals surface area contributed by atoms with Gasteiger partial charge < -0.3 is 14.7 Å². The quantitative estimate of drug-likeness (QED) is 0.760.